The Morgan fingerprint density at radius 3 is 3.00 bits per heavy atom. The van der Waals surface area contributed by atoms with Crippen molar-refractivity contribution in [3.63, 3.8) is 0 Å². The summed E-state index contributed by atoms with van der Waals surface area (Å²) in [4.78, 5) is 23.3. The lowest BCUT2D eigenvalue weighted by Crippen LogP contribution is -2.36. The summed E-state index contributed by atoms with van der Waals surface area (Å²) in [7, 11) is 1.26. The molecule has 0 amide bonds. The van der Waals surface area contributed by atoms with Crippen LogP contribution in [-0.4, -0.2) is 25.7 Å². The third-order valence-electron chi connectivity index (χ3n) is 2.56. The average molecular weight is 206 g/mol. The molecule has 1 fully saturated rings. The van der Waals surface area contributed by atoms with E-state index < -0.39 is 17.4 Å². The molecule has 1 unspecified atom stereocenters. The highest BCUT2D eigenvalue weighted by atomic mass is 16.6. The van der Waals surface area contributed by atoms with E-state index in [1.807, 2.05) is 0 Å². The largest absolute Gasteiger partial charge is 0.468 e. The maximum atomic E-state index is 11.7. The van der Waals surface area contributed by atoms with E-state index in [1.54, 1.807) is 24.3 Å². The number of carbonyl (C=O) groups is 2. The first-order valence-electron chi connectivity index (χ1n) is 4.53. The first-order valence-corrected chi connectivity index (χ1v) is 4.53. The van der Waals surface area contributed by atoms with Crippen molar-refractivity contribution < 1.29 is 19.1 Å². The molecule has 0 aromatic rings. The van der Waals surface area contributed by atoms with Gasteiger partial charge in [-0.3, -0.25) is 9.59 Å². The number of rotatable bonds is 1. The van der Waals surface area contributed by atoms with Gasteiger partial charge in [0.1, 0.15) is 6.61 Å². The third kappa shape index (κ3) is 1.21. The summed E-state index contributed by atoms with van der Waals surface area (Å²) in [5.74, 6) is -1.17. The van der Waals surface area contributed by atoms with E-state index in [0.29, 0.717) is 5.57 Å². The van der Waals surface area contributed by atoms with Crippen molar-refractivity contribution in [2.75, 3.05) is 13.7 Å². The van der Waals surface area contributed by atoms with Crippen molar-refractivity contribution in [2.45, 2.75) is 0 Å². The van der Waals surface area contributed by atoms with E-state index in [9.17, 15) is 9.59 Å². The van der Waals surface area contributed by atoms with Gasteiger partial charge in [0.2, 0.25) is 5.41 Å². The molecule has 1 aliphatic heterocycles. The molecule has 1 aliphatic carbocycles. The molecule has 4 nitrogen and oxygen atoms in total. The zero-order chi connectivity index (χ0) is 10.9. The Labute approximate surface area is 86.9 Å². The van der Waals surface area contributed by atoms with Crippen molar-refractivity contribution in [1.82, 2.24) is 0 Å². The van der Waals surface area contributed by atoms with Gasteiger partial charge in [-0.15, -0.1) is 0 Å². The summed E-state index contributed by atoms with van der Waals surface area (Å²) in [6.45, 7) is 0.141. The van der Waals surface area contributed by atoms with E-state index in [-0.39, 0.29) is 6.61 Å². The lowest BCUT2D eigenvalue weighted by Gasteiger charge is -2.18. The lowest BCUT2D eigenvalue weighted by atomic mass is 9.82. The molecule has 78 valence electrons. The summed E-state index contributed by atoms with van der Waals surface area (Å²) < 4.78 is 9.55. The molecular formula is C11H10O4. The van der Waals surface area contributed by atoms with Gasteiger partial charge in [-0.2, -0.15) is 0 Å². The number of hydrogen-bond donors (Lipinski definition) is 0. The summed E-state index contributed by atoms with van der Waals surface area (Å²) in [6.07, 6.45) is 8.39. The van der Waals surface area contributed by atoms with Gasteiger partial charge in [-0.1, -0.05) is 30.4 Å². The zero-order valence-electron chi connectivity index (χ0n) is 8.23. The number of esters is 2. The lowest BCUT2D eigenvalue weighted by molar-refractivity contribution is -0.158. The van der Waals surface area contributed by atoms with Gasteiger partial charge in [-0.25, -0.2) is 0 Å². The monoisotopic (exact) mass is 206 g/mol. The van der Waals surface area contributed by atoms with E-state index >= 15 is 0 Å². The number of methoxy groups -OCH3 is 1. The molecule has 0 saturated carbocycles. The predicted molar refractivity (Wildman–Crippen MR) is 51.8 cm³/mol. The molecule has 4 heteroatoms. The zero-order valence-corrected chi connectivity index (χ0v) is 8.23. The highest BCUT2D eigenvalue weighted by molar-refractivity contribution is 6.07. The first kappa shape index (κ1) is 9.71. The highest BCUT2D eigenvalue weighted by Gasteiger charge is 2.54. The van der Waals surface area contributed by atoms with Crippen molar-refractivity contribution in [1.29, 1.82) is 0 Å². The summed E-state index contributed by atoms with van der Waals surface area (Å²) in [6, 6.07) is 0. The van der Waals surface area contributed by atoms with Crippen LogP contribution in [0.25, 0.3) is 0 Å². The second-order valence-electron chi connectivity index (χ2n) is 3.31. The molecule has 0 N–H and O–H groups in total. The van der Waals surface area contributed by atoms with Crippen LogP contribution in [0.3, 0.4) is 0 Å². The topological polar surface area (TPSA) is 52.6 Å². The summed E-state index contributed by atoms with van der Waals surface area (Å²) in [5, 5.41) is 0. The van der Waals surface area contributed by atoms with Crippen molar-refractivity contribution in [2.24, 2.45) is 5.41 Å². The van der Waals surface area contributed by atoms with Crippen molar-refractivity contribution >= 4 is 11.9 Å². The molecule has 1 saturated heterocycles. The molecule has 0 aromatic heterocycles. The van der Waals surface area contributed by atoms with E-state index in [2.05, 4.69) is 4.74 Å². The maximum Gasteiger partial charge on any atom is 0.332 e. The van der Waals surface area contributed by atoms with Crippen LogP contribution in [0.15, 0.2) is 36.0 Å². The summed E-state index contributed by atoms with van der Waals surface area (Å²) in [5.41, 5.74) is -0.748. The molecule has 0 bridgehead atoms. The van der Waals surface area contributed by atoms with E-state index in [0.717, 1.165) is 0 Å². The van der Waals surface area contributed by atoms with Gasteiger partial charge in [0.25, 0.3) is 0 Å². The Hall–Kier alpha value is -1.84. The van der Waals surface area contributed by atoms with Gasteiger partial charge in [0.15, 0.2) is 0 Å². The second kappa shape index (κ2) is 3.38. The van der Waals surface area contributed by atoms with Crippen LogP contribution < -0.4 is 0 Å². The molecule has 15 heavy (non-hydrogen) atoms. The minimum Gasteiger partial charge on any atom is -0.468 e. The molecule has 2 aliphatic rings. The van der Waals surface area contributed by atoms with Crippen molar-refractivity contribution in [3.05, 3.63) is 36.0 Å². The minimum absolute atomic E-state index is 0.141. The van der Waals surface area contributed by atoms with E-state index in [4.69, 9.17) is 4.74 Å². The van der Waals surface area contributed by atoms with Gasteiger partial charge in [0.05, 0.1) is 7.11 Å². The Balaban J connectivity index is 2.56. The van der Waals surface area contributed by atoms with Crippen LogP contribution in [0.2, 0.25) is 0 Å². The fourth-order valence-corrected chi connectivity index (χ4v) is 1.74. The highest BCUT2D eigenvalue weighted by Crippen LogP contribution is 2.39. The van der Waals surface area contributed by atoms with Gasteiger partial charge in [0, 0.05) is 0 Å². The quantitative estimate of drug-likeness (QED) is 0.469. The van der Waals surface area contributed by atoms with Crippen LogP contribution in [0.4, 0.5) is 0 Å². The predicted octanol–water partition coefficient (Wildman–Crippen LogP) is 0.755. The molecular weight excluding hydrogens is 196 g/mol. The van der Waals surface area contributed by atoms with Gasteiger partial charge < -0.3 is 9.47 Å². The molecule has 0 radical (unpaired) electrons. The Morgan fingerprint density at radius 2 is 2.27 bits per heavy atom. The number of fused-ring (bicyclic) bond motifs is 1. The molecule has 0 aromatic carbocycles. The van der Waals surface area contributed by atoms with Crippen LogP contribution >= 0.6 is 0 Å². The number of carbonyl (C=O) groups excluding carboxylic acids is 2. The molecule has 1 atom stereocenters. The summed E-state index contributed by atoms with van der Waals surface area (Å²) >= 11 is 0. The van der Waals surface area contributed by atoms with Crippen LogP contribution in [0.5, 0.6) is 0 Å². The van der Waals surface area contributed by atoms with Crippen LogP contribution in [0, 0.1) is 5.41 Å². The third-order valence-corrected chi connectivity index (χ3v) is 2.56. The molecule has 1 heterocycles. The van der Waals surface area contributed by atoms with E-state index in [1.165, 1.54) is 13.2 Å². The normalized spacial score (nSPS) is 27.8. The average Bonchev–Trinajstić information content (AvgIpc) is 2.47. The van der Waals surface area contributed by atoms with Crippen molar-refractivity contribution in [3.8, 4) is 0 Å². The molecule has 0 spiro atoms. The number of cyclic esters (lactones) is 1. The second-order valence-corrected chi connectivity index (χ2v) is 3.31. The van der Waals surface area contributed by atoms with Crippen LogP contribution in [-0.2, 0) is 19.1 Å². The maximum absolute atomic E-state index is 11.7. The van der Waals surface area contributed by atoms with Gasteiger partial charge in [-0.05, 0) is 5.57 Å². The standard InChI is InChI=1S/C11H10O4/c1-14-9(12)11-6-4-2-3-5-8(11)7-15-10(11)13/h2-6H,7H2,1H3. The fourth-order valence-electron chi connectivity index (χ4n) is 1.74. The Bertz CT molecular complexity index is 403. The molecule has 2 rings (SSSR count). The van der Waals surface area contributed by atoms with Crippen LogP contribution in [0.1, 0.15) is 0 Å². The number of allylic oxidation sites excluding steroid dienone is 4. The van der Waals surface area contributed by atoms with Gasteiger partial charge >= 0.3 is 11.9 Å². The number of ether oxygens (including phenoxy) is 2. The minimum atomic E-state index is -1.36. The Morgan fingerprint density at radius 1 is 1.47 bits per heavy atom. The Kier molecular flexibility index (Phi) is 2.19. The SMILES string of the molecule is COC(=O)C12C=CC=CC=C1COC2=O. The fraction of sp³-hybridized carbons (Fsp3) is 0.273. The first-order chi connectivity index (χ1) is 7.21. The number of hydrogen-bond acceptors (Lipinski definition) is 4. The smallest absolute Gasteiger partial charge is 0.332 e.